The molecule has 116 valence electrons. The highest BCUT2D eigenvalue weighted by atomic mass is 79.9. The van der Waals surface area contributed by atoms with Gasteiger partial charge in [0.25, 0.3) is 5.91 Å². The lowest BCUT2D eigenvalue weighted by Gasteiger charge is -2.16. The van der Waals surface area contributed by atoms with Gasteiger partial charge in [-0.25, -0.2) is 4.68 Å². The van der Waals surface area contributed by atoms with Crippen molar-refractivity contribution >= 4 is 21.8 Å². The van der Waals surface area contributed by atoms with Crippen molar-refractivity contribution in [2.24, 2.45) is 0 Å². The van der Waals surface area contributed by atoms with E-state index in [0.29, 0.717) is 5.56 Å². The highest BCUT2D eigenvalue weighted by Crippen LogP contribution is 2.23. The van der Waals surface area contributed by atoms with E-state index in [0.717, 1.165) is 15.7 Å². The zero-order chi connectivity index (χ0) is 16.2. The molecule has 3 rings (SSSR count). The van der Waals surface area contributed by atoms with Gasteiger partial charge in [-0.1, -0.05) is 34.1 Å². The minimum atomic E-state index is -0.128. The molecule has 2 aromatic carbocycles. The van der Waals surface area contributed by atoms with E-state index in [1.807, 2.05) is 31.2 Å². The summed E-state index contributed by atoms with van der Waals surface area (Å²) in [5, 5.41) is 14.0. The van der Waals surface area contributed by atoms with E-state index in [-0.39, 0.29) is 11.9 Å². The third-order valence-corrected chi connectivity index (χ3v) is 4.18. The molecule has 0 saturated heterocycles. The molecule has 0 unspecified atom stereocenters. The average Bonchev–Trinajstić information content (AvgIpc) is 3.09. The fourth-order valence-electron chi connectivity index (χ4n) is 2.23. The average molecular weight is 372 g/mol. The molecule has 0 spiro atoms. The number of rotatable bonds is 4. The summed E-state index contributed by atoms with van der Waals surface area (Å²) in [5.41, 5.74) is 2.41. The lowest BCUT2D eigenvalue weighted by molar-refractivity contribution is 0.0940. The Morgan fingerprint density at radius 1 is 1.17 bits per heavy atom. The van der Waals surface area contributed by atoms with Gasteiger partial charge in [0.15, 0.2) is 0 Å². The van der Waals surface area contributed by atoms with Crippen LogP contribution < -0.4 is 5.32 Å². The molecule has 0 fully saturated rings. The molecule has 6 nitrogen and oxygen atoms in total. The summed E-state index contributed by atoms with van der Waals surface area (Å²) in [6, 6.07) is 14.8. The van der Waals surface area contributed by atoms with E-state index in [1.165, 1.54) is 11.0 Å². The van der Waals surface area contributed by atoms with E-state index in [1.54, 1.807) is 24.3 Å². The van der Waals surface area contributed by atoms with Crippen molar-refractivity contribution in [2.75, 3.05) is 0 Å². The summed E-state index contributed by atoms with van der Waals surface area (Å²) in [5.74, 6) is -0.128. The van der Waals surface area contributed by atoms with Crippen molar-refractivity contribution in [1.82, 2.24) is 25.5 Å². The second-order valence-corrected chi connectivity index (χ2v) is 5.87. The Labute approximate surface area is 141 Å². The summed E-state index contributed by atoms with van der Waals surface area (Å²) < 4.78 is 2.51. The van der Waals surface area contributed by atoms with E-state index in [4.69, 9.17) is 0 Å². The number of amides is 1. The number of hydrogen-bond acceptors (Lipinski definition) is 4. The summed E-state index contributed by atoms with van der Waals surface area (Å²) in [6.07, 6.45) is 1.50. The molecular weight excluding hydrogens is 358 g/mol. The summed E-state index contributed by atoms with van der Waals surface area (Å²) in [7, 11) is 0. The maximum Gasteiger partial charge on any atom is 0.251 e. The van der Waals surface area contributed by atoms with Crippen molar-refractivity contribution in [1.29, 1.82) is 0 Å². The number of nitrogens with zero attached hydrogens (tertiary/aromatic N) is 4. The Hall–Kier alpha value is -2.54. The number of carbonyl (C=O) groups is 1. The molecule has 1 N–H and O–H groups in total. The molecule has 0 aliphatic heterocycles. The van der Waals surface area contributed by atoms with Gasteiger partial charge in [-0.15, -0.1) is 5.10 Å². The molecule has 1 heterocycles. The highest BCUT2D eigenvalue weighted by Gasteiger charge is 2.13. The number of nitrogens with one attached hydrogen (secondary N) is 1. The molecular formula is C16H14BrN5O. The van der Waals surface area contributed by atoms with Crippen molar-refractivity contribution in [3.63, 3.8) is 0 Å². The number of carbonyl (C=O) groups excluding carboxylic acids is 1. The third kappa shape index (κ3) is 3.45. The van der Waals surface area contributed by atoms with Gasteiger partial charge in [0, 0.05) is 10.0 Å². The second kappa shape index (κ2) is 6.70. The Morgan fingerprint density at radius 2 is 1.91 bits per heavy atom. The first-order valence-corrected chi connectivity index (χ1v) is 7.83. The van der Waals surface area contributed by atoms with Crippen LogP contribution in [-0.4, -0.2) is 26.1 Å². The monoisotopic (exact) mass is 371 g/mol. The summed E-state index contributed by atoms with van der Waals surface area (Å²) in [4.78, 5) is 12.4. The highest BCUT2D eigenvalue weighted by molar-refractivity contribution is 9.10. The number of hydrogen-bond donors (Lipinski definition) is 1. The van der Waals surface area contributed by atoms with Gasteiger partial charge in [-0.05, 0) is 53.2 Å². The predicted molar refractivity (Wildman–Crippen MR) is 89.2 cm³/mol. The lowest BCUT2D eigenvalue weighted by Crippen LogP contribution is -2.26. The standard InChI is InChI=1S/C16H14BrN5O/c1-11(14-4-2-3-5-15(14)17)19-16(23)12-6-8-13(9-7-12)22-10-18-20-21-22/h2-11H,1H3,(H,19,23)/t11-/m1/s1. The van der Waals surface area contributed by atoms with E-state index in [2.05, 4.69) is 36.8 Å². The van der Waals surface area contributed by atoms with Crippen molar-refractivity contribution in [2.45, 2.75) is 13.0 Å². The fourth-order valence-corrected chi connectivity index (χ4v) is 2.86. The van der Waals surface area contributed by atoms with Crippen molar-refractivity contribution in [3.8, 4) is 5.69 Å². The first kappa shape index (κ1) is 15.4. The molecule has 0 aliphatic rings. The number of tetrazole rings is 1. The van der Waals surface area contributed by atoms with Crippen LogP contribution in [0.2, 0.25) is 0 Å². The Balaban J connectivity index is 1.72. The number of aromatic nitrogens is 4. The molecule has 3 aromatic rings. The maximum atomic E-state index is 12.4. The number of halogens is 1. The minimum absolute atomic E-state index is 0.0998. The van der Waals surface area contributed by atoms with Crippen LogP contribution in [0.15, 0.2) is 59.3 Å². The molecule has 1 atom stereocenters. The Morgan fingerprint density at radius 3 is 2.57 bits per heavy atom. The van der Waals surface area contributed by atoms with Gasteiger partial charge in [0.1, 0.15) is 6.33 Å². The smallest absolute Gasteiger partial charge is 0.251 e. The molecule has 23 heavy (non-hydrogen) atoms. The van der Waals surface area contributed by atoms with Crippen LogP contribution in [0.4, 0.5) is 0 Å². The molecule has 1 aromatic heterocycles. The topological polar surface area (TPSA) is 72.7 Å². The molecule has 0 aliphatic carbocycles. The molecule has 0 radical (unpaired) electrons. The molecule has 7 heteroatoms. The quantitative estimate of drug-likeness (QED) is 0.765. The predicted octanol–water partition coefficient (Wildman–Crippen LogP) is 2.92. The van der Waals surface area contributed by atoms with Gasteiger partial charge in [-0.2, -0.15) is 0 Å². The van der Waals surface area contributed by atoms with Gasteiger partial charge in [-0.3, -0.25) is 4.79 Å². The second-order valence-electron chi connectivity index (χ2n) is 5.02. The van der Waals surface area contributed by atoms with E-state index >= 15 is 0 Å². The zero-order valence-electron chi connectivity index (χ0n) is 12.3. The van der Waals surface area contributed by atoms with E-state index < -0.39 is 0 Å². The van der Waals surface area contributed by atoms with Gasteiger partial charge in [0.05, 0.1) is 11.7 Å². The summed E-state index contributed by atoms with van der Waals surface area (Å²) in [6.45, 7) is 1.95. The van der Waals surface area contributed by atoms with Crippen LogP contribution in [0.1, 0.15) is 28.9 Å². The van der Waals surface area contributed by atoms with Crippen molar-refractivity contribution in [3.05, 3.63) is 70.5 Å². The van der Waals surface area contributed by atoms with Crippen LogP contribution >= 0.6 is 15.9 Å². The van der Waals surface area contributed by atoms with Crippen LogP contribution in [0.25, 0.3) is 5.69 Å². The van der Waals surface area contributed by atoms with Crippen LogP contribution in [0.5, 0.6) is 0 Å². The summed E-state index contributed by atoms with van der Waals surface area (Å²) >= 11 is 3.50. The maximum absolute atomic E-state index is 12.4. The Bertz CT molecular complexity index is 802. The Kier molecular flexibility index (Phi) is 4.47. The van der Waals surface area contributed by atoms with Crippen LogP contribution in [0.3, 0.4) is 0 Å². The first-order valence-electron chi connectivity index (χ1n) is 7.04. The molecule has 0 saturated carbocycles. The fraction of sp³-hybridized carbons (Fsp3) is 0.125. The zero-order valence-corrected chi connectivity index (χ0v) is 13.9. The van der Waals surface area contributed by atoms with E-state index in [9.17, 15) is 4.79 Å². The SMILES string of the molecule is C[C@@H](NC(=O)c1ccc(-n2cnnn2)cc1)c1ccccc1Br. The van der Waals surface area contributed by atoms with Crippen LogP contribution in [-0.2, 0) is 0 Å². The van der Waals surface area contributed by atoms with Crippen molar-refractivity contribution < 1.29 is 4.79 Å². The lowest BCUT2D eigenvalue weighted by atomic mass is 10.1. The van der Waals surface area contributed by atoms with Gasteiger partial charge in [0.2, 0.25) is 0 Å². The third-order valence-electron chi connectivity index (χ3n) is 3.46. The van der Waals surface area contributed by atoms with Gasteiger partial charge < -0.3 is 5.32 Å². The normalized spacial score (nSPS) is 11.9. The largest absolute Gasteiger partial charge is 0.345 e. The van der Waals surface area contributed by atoms with Crippen LogP contribution in [0, 0.1) is 0 Å². The minimum Gasteiger partial charge on any atom is -0.345 e. The number of benzene rings is 2. The molecule has 1 amide bonds. The molecule has 0 bridgehead atoms. The first-order chi connectivity index (χ1) is 11.1. The van der Waals surface area contributed by atoms with Gasteiger partial charge >= 0.3 is 0 Å².